The van der Waals surface area contributed by atoms with E-state index < -0.39 is 0 Å². The molecule has 0 rings (SSSR count). The van der Waals surface area contributed by atoms with Crippen LogP contribution in [0, 0.1) is 0 Å². The molecule has 0 atom stereocenters. The molecular formula is C7H14N2O. The fourth-order valence-electron chi connectivity index (χ4n) is 0.775. The van der Waals surface area contributed by atoms with Crippen LogP contribution in [0.1, 0.15) is 20.3 Å². The lowest BCUT2D eigenvalue weighted by molar-refractivity contribution is -0.114. The number of nitrogens with two attached hydrogens (primary N) is 1. The highest BCUT2D eigenvalue weighted by molar-refractivity contribution is 5.92. The first kappa shape index (κ1) is 9.01. The minimum absolute atomic E-state index is 0.339. The molecule has 0 aromatic carbocycles. The van der Waals surface area contributed by atoms with E-state index >= 15 is 0 Å². The molecule has 58 valence electrons. The summed E-state index contributed by atoms with van der Waals surface area (Å²) < 4.78 is 0. The Labute approximate surface area is 61.3 Å². The van der Waals surface area contributed by atoms with Crippen LogP contribution < -0.4 is 11.1 Å². The number of carbonyl (C=O) groups excluding carboxylic acids is 1. The molecule has 0 aliphatic carbocycles. The van der Waals surface area contributed by atoms with Gasteiger partial charge in [0.25, 0.3) is 0 Å². The van der Waals surface area contributed by atoms with Gasteiger partial charge in [-0.05, 0) is 13.3 Å². The van der Waals surface area contributed by atoms with Crippen LogP contribution in [0.3, 0.4) is 0 Å². The maximum atomic E-state index is 10.7. The van der Waals surface area contributed by atoms with Gasteiger partial charge in [0.1, 0.15) is 0 Å². The molecule has 0 radical (unpaired) electrons. The minimum atomic E-state index is -0.339. The molecule has 3 nitrogen and oxygen atoms in total. The van der Waals surface area contributed by atoms with Crippen LogP contribution in [-0.2, 0) is 4.79 Å². The second kappa shape index (κ2) is 3.93. The molecule has 0 aromatic heterocycles. The molecule has 0 bridgehead atoms. The predicted molar refractivity (Wildman–Crippen MR) is 41.2 cm³/mol. The Balaban J connectivity index is 4.45. The van der Waals surface area contributed by atoms with E-state index in [-0.39, 0.29) is 5.91 Å². The molecule has 0 saturated heterocycles. The number of primary amides is 1. The first-order valence-corrected chi connectivity index (χ1v) is 3.30. The highest BCUT2D eigenvalue weighted by atomic mass is 16.1. The normalized spacial score (nSPS) is 12.3. The van der Waals surface area contributed by atoms with Crippen molar-refractivity contribution in [1.82, 2.24) is 5.32 Å². The standard InChI is InChI=1S/C7H14N2O/c1-4-6(7(8)10)5(2)9-3/h9H,4H2,1-3H3,(H2,8,10)/b6-5-. The fraction of sp³-hybridized carbons (Fsp3) is 0.571. The summed E-state index contributed by atoms with van der Waals surface area (Å²) in [6.45, 7) is 3.74. The Morgan fingerprint density at radius 3 is 2.20 bits per heavy atom. The summed E-state index contributed by atoms with van der Waals surface area (Å²) in [4.78, 5) is 10.7. The molecule has 1 amide bonds. The minimum Gasteiger partial charge on any atom is -0.391 e. The summed E-state index contributed by atoms with van der Waals surface area (Å²) in [6, 6.07) is 0. The summed E-state index contributed by atoms with van der Waals surface area (Å²) in [5.41, 5.74) is 6.61. The van der Waals surface area contributed by atoms with Gasteiger partial charge in [0.05, 0.1) is 0 Å². The number of nitrogens with one attached hydrogen (secondary N) is 1. The van der Waals surface area contributed by atoms with E-state index in [4.69, 9.17) is 5.73 Å². The third kappa shape index (κ3) is 2.09. The van der Waals surface area contributed by atoms with E-state index in [0.717, 1.165) is 5.70 Å². The summed E-state index contributed by atoms with van der Waals surface area (Å²) in [7, 11) is 1.77. The second-order valence-corrected chi connectivity index (χ2v) is 2.07. The zero-order valence-electron chi connectivity index (χ0n) is 6.69. The first-order valence-electron chi connectivity index (χ1n) is 3.30. The van der Waals surface area contributed by atoms with Crippen molar-refractivity contribution < 1.29 is 4.79 Å². The van der Waals surface area contributed by atoms with Crippen molar-refractivity contribution >= 4 is 5.91 Å². The van der Waals surface area contributed by atoms with Crippen molar-refractivity contribution in [2.24, 2.45) is 5.73 Å². The van der Waals surface area contributed by atoms with Crippen molar-refractivity contribution in [1.29, 1.82) is 0 Å². The van der Waals surface area contributed by atoms with Gasteiger partial charge in [0, 0.05) is 18.3 Å². The van der Waals surface area contributed by atoms with Gasteiger partial charge in [0.15, 0.2) is 0 Å². The second-order valence-electron chi connectivity index (χ2n) is 2.07. The molecule has 3 N–H and O–H groups in total. The molecule has 3 heteroatoms. The van der Waals surface area contributed by atoms with Gasteiger partial charge >= 0.3 is 0 Å². The molecule has 0 aliphatic heterocycles. The number of allylic oxidation sites excluding steroid dienone is 1. The zero-order chi connectivity index (χ0) is 8.15. The lowest BCUT2D eigenvalue weighted by Gasteiger charge is -2.04. The van der Waals surface area contributed by atoms with Crippen molar-refractivity contribution in [2.75, 3.05) is 7.05 Å². The first-order chi connectivity index (χ1) is 4.63. The Kier molecular flexibility index (Phi) is 3.54. The SMILES string of the molecule is CC/C(C(N)=O)=C(\C)NC. The topological polar surface area (TPSA) is 55.1 Å². The predicted octanol–water partition coefficient (Wildman–Crippen LogP) is 0.375. The van der Waals surface area contributed by atoms with Crippen LogP contribution in [0.2, 0.25) is 0 Å². The van der Waals surface area contributed by atoms with Gasteiger partial charge in [-0.2, -0.15) is 0 Å². The van der Waals surface area contributed by atoms with Crippen LogP contribution in [0.25, 0.3) is 0 Å². The Morgan fingerprint density at radius 2 is 2.10 bits per heavy atom. The average molecular weight is 142 g/mol. The highest BCUT2D eigenvalue weighted by Crippen LogP contribution is 2.03. The van der Waals surface area contributed by atoms with Gasteiger partial charge in [-0.15, -0.1) is 0 Å². The van der Waals surface area contributed by atoms with Crippen LogP contribution >= 0.6 is 0 Å². The van der Waals surface area contributed by atoms with Crippen molar-refractivity contribution in [3.63, 3.8) is 0 Å². The van der Waals surface area contributed by atoms with Gasteiger partial charge in [-0.3, -0.25) is 4.79 Å². The maximum Gasteiger partial charge on any atom is 0.246 e. The van der Waals surface area contributed by atoms with E-state index in [1.165, 1.54) is 0 Å². The number of carbonyl (C=O) groups is 1. The average Bonchev–Trinajstić information content (AvgIpc) is 1.88. The van der Waals surface area contributed by atoms with E-state index in [9.17, 15) is 4.79 Å². The maximum absolute atomic E-state index is 10.7. The van der Waals surface area contributed by atoms with Gasteiger partial charge in [-0.25, -0.2) is 0 Å². The molecule has 0 spiro atoms. The van der Waals surface area contributed by atoms with Crippen LogP contribution in [0.15, 0.2) is 11.3 Å². The van der Waals surface area contributed by atoms with Crippen LogP contribution in [0.4, 0.5) is 0 Å². The molecule has 0 aromatic rings. The zero-order valence-corrected chi connectivity index (χ0v) is 6.69. The number of hydrogen-bond acceptors (Lipinski definition) is 2. The molecule has 10 heavy (non-hydrogen) atoms. The van der Waals surface area contributed by atoms with E-state index in [2.05, 4.69) is 5.32 Å². The van der Waals surface area contributed by atoms with Gasteiger partial charge in [-0.1, -0.05) is 6.92 Å². The molecule has 0 unspecified atom stereocenters. The summed E-state index contributed by atoms with van der Waals surface area (Å²) >= 11 is 0. The monoisotopic (exact) mass is 142 g/mol. The third-order valence-electron chi connectivity index (χ3n) is 1.48. The van der Waals surface area contributed by atoms with Crippen molar-refractivity contribution in [3.8, 4) is 0 Å². The number of hydrogen-bond donors (Lipinski definition) is 2. The smallest absolute Gasteiger partial charge is 0.246 e. The quantitative estimate of drug-likeness (QED) is 0.559. The highest BCUT2D eigenvalue weighted by Gasteiger charge is 2.04. The Hall–Kier alpha value is -0.990. The van der Waals surface area contributed by atoms with E-state index in [0.29, 0.717) is 12.0 Å². The number of rotatable bonds is 3. The molecule has 0 heterocycles. The molecular weight excluding hydrogens is 128 g/mol. The lowest BCUT2D eigenvalue weighted by atomic mass is 10.1. The molecule has 0 saturated carbocycles. The molecule has 0 aliphatic rings. The van der Waals surface area contributed by atoms with Crippen LogP contribution in [-0.4, -0.2) is 13.0 Å². The summed E-state index contributed by atoms with van der Waals surface area (Å²) in [5, 5.41) is 2.88. The van der Waals surface area contributed by atoms with Crippen molar-refractivity contribution in [3.05, 3.63) is 11.3 Å². The van der Waals surface area contributed by atoms with Gasteiger partial charge in [0.2, 0.25) is 5.91 Å². The van der Waals surface area contributed by atoms with Gasteiger partial charge < -0.3 is 11.1 Å². The number of amides is 1. The Morgan fingerprint density at radius 1 is 1.60 bits per heavy atom. The van der Waals surface area contributed by atoms with Crippen LogP contribution in [0.5, 0.6) is 0 Å². The third-order valence-corrected chi connectivity index (χ3v) is 1.48. The van der Waals surface area contributed by atoms with E-state index in [1.54, 1.807) is 7.05 Å². The van der Waals surface area contributed by atoms with E-state index in [1.807, 2.05) is 13.8 Å². The summed E-state index contributed by atoms with van der Waals surface area (Å²) in [6.07, 6.45) is 0.683. The summed E-state index contributed by atoms with van der Waals surface area (Å²) in [5.74, 6) is -0.339. The largest absolute Gasteiger partial charge is 0.391 e. The van der Waals surface area contributed by atoms with Crippen molar-refractivity contribution in [2.45, 2.75) is 20.3 Å². The lowest BCUT2D eigenvalue weighted by Crippen LogP contribution is -2.18. The Bertz CT molecular complexity index is 161. The fourth-order valence-corrected chi connectivity index (χ4v) is 0.775. The molecule has 0 fully saturated rings.